The first-order valence-electron chi connectivity index (χ1n) is 4.03. The van der Waals surface area contributed by atoms with Crippen molar-refractivity contribution in [1.82, 2.24) is 6.15 Å². The Morgan fingerprint density at radius 3 is 2.38 bits per heavy atom. The first-order valence-corrected chi connectivity index (χ1v) is 4.03. The lowest BCUT2D eigenvalue weighted by Gasteiger charge is -2.00. The predicted octanol–water partition coefficient (Wildman–Crippen LogP) is 1.54. The zero-order valence-corrected chi connectivity index (χ0v) is 7.74. The summed E-state index contributed by atoms with van der Waals surface area (Å²) in [5.41, 5.74) is 12.8. The standard InChI is InChI=1S/C10H14N2.H3N/c11-8-10(12)7-6-9-4-2-1-3-5-9;/h1-5,8H,6-7,11-12H2;1H3/b10-8-;. The van der Waals surface area contributed by atoms with Crippen LogP contribution in [0.15, 0.2) is 42.2 Å². The first-order chi connectivity index (χ1) is 5.83. The molecule has 0 amide bonds. The van der Waals surface area contributed by atoms with Gasteiger partial charge in [0.15, 0.2) is 0 Å². The van der Waals surface area contributed by atoms with Gasteiger partial charge in [-0.3, -0.25) is 0 Å². The molecule has 0 fully saturated rings. The van der Waals surface area contributed by atoms with Crippen molar-refractivity contribution in [3.63, 3.8) is 0 Å². The highest BCUT2D eigenvalue weighted by molar-refractivity contribution is 5.15. The van der Waals surface area contributed by atoms with Crippen LogP contribution in [-0.2, 0) is 6.42 Å². The van der Waals surface area contributed by atoms with Gasteiger partial charge in [0.05, 0.1) is 0 Å². The molecule has 7 N–H and O–H groups in total. The summed E-state index contributed by atoms with van der Waals surface area (Å²) in [4.78, 5) is 0. The monoisotopic (exact) mass is 179 g/mol. The van der Waals surface area contributed by atoms with Gasteiger partial charge in [-0.05, 0) is 18.4 Å². The molecule has 0 atom stereocenters. The smallest absolute Gasteiger partial charge is 0.0241 e. The minimum Gasteiger partial charge on any atom is -0.403 e. The third-order valence-electron chi connectivity index (χ3n) is 1.76. The second-order valence-electron chi connectivity index (χ2n) is 2.73. The molecule has 0 heterocycles. The molecular weight excluding hydrogens is 162 g/mol. The van der Waals surface area contributed by atoms with Gasteiger partial charge in [0.2, 0.25) is 0 Å². The molecule has 0 aliphatic rings. The molecule has 0 aliphatic heterocycles. The molecule has 1 aromatic rings. The third-order valence-corrected chi connectivity index (χ3v) is 1.76. The lowest BCUT2D eigenvalue weighted by atomic mass is 10.1. The Labute approximate surface area is 79.0 Å². The summed E-state index contributed by atoms with van der Waals surface area (Å²) in [5, 5.41) is 0. The summed E-state index contributed by atoms with van der Waals surface area (Å²) in [7, 11) is 0. The van der Waals surface area contributed by atoms with E-state index in [0.29, 0.717) is 0 Å². The van der Waals surface area contributed by atoms with Crippen LogP contribution >= 0.6 is 0 Å². The topological polar surface area (TPSA) is 87.0 Å². The zero-order valence-electron chi connectivity index (χ0n) is 7.74. The summed E-state index contributed by atoms with van der Waals surface area (Å²) in [5.74, 6) is 0. The molecule has 0 saturated heterocycles. The number of aryl methyl sites for hydroxylation is 1. The molecule has 0 spiro atoms. The van der Waals surface area contributed by atoms with Gasteiger partial charge in [0.25, 0.3) is 0 Å². The lowest BCUT2D eigenvalue weighted by molar-refractivity contribution is 0.921. The van der Waals surface area contributed by atoms with E-state index in [-0.39, 0.29) is 6.15 Å². The Hall–Kier alpha value is -1.48. The van der Waals surface area contributed by atoms with Gasteiger partial charge >= 0.3 is 0 Å². The minimum absolute atomic E-state index is 0. The maximum atomic E-state index is 5.56. The number of rotatable bonds is 3. The molecular formula is C10H17N3. The summed E-state index contributed by atoms with van der Waals surface area (Å²) in [6.45, 7) is 0. The maximum absolute atomic E-state index is 5.56. The third kappa shape index (κ3) is 4.18. The van der Waals surface area contributed by atoms with E-state index in [1.165, 1.54) is 11.8 Å². The zero-order chi connectivity index (χ0) is 8.81. The Kier molecular flexibility index (Phi) is 5.39. The lowest BCUT2D eigenvalue weighted by Crippen LogP contribution is -2.01. The SMILES string of the molecule is N.N/C=C(\N)CCc1ccccc1. The van der Waals surface area contributed by atoms with E-state index in [2.05, 4.69) is 12.1 Å². The Morgan fingerprint density at radius 2 is 1.85 bits per heavy atom. The van der Waals surface area contributed by atoms with Crippen LogP contribution in [0.25, 0.3) is 0 Å². The number of nitrogens with two attached hydrogens (primary N) is 2. The highest BCUT2D eigenvalue weighted by Gasteiger charge is 1.92. The average molecular weight is 179 g/mol. The van der Waals surface area contributed by atoms with E-state index in [1.807, 2.05) is 18.2 Å². The van der Waals surface area contributed by atoms with Crippen molar-refractivity contribution in [2.45, 2.75) is 12.8 Å². The van der Waals surface area contributed by atoms with Gasteiger partial charge in [-0.2, -0.15) is 0 Å². The molecule has 1 rings (SSSR count). The van der Waals surface area contributed by atoms with E-state index in [0.717, 1.165) is 18.5 Å². The number of hydrogen-bond donors (Lipinski definition) is 3. The van der Waals surface area contributed by atoms with Crippen molar-refractivity contribution in [2.24, 2.45) is 11.5 Å². The van der Waals surface area contributed by atoms with Crippen molar-refractivity contribution in [3.8, 4) is 0 Å². The van der Waals surface area contributed by atoms with E-state index >= 15 is 0 Å². The van der Waals surface area contributed by atoms with Gasteiger partial charge in [0, 0.05) is 11.9 Å². The quantitative estimate of drug-likeness (QED) is 0.657. The largest absolute Gasteiger partial charge is 0.403 e. The van der Waals surface area contributed by atoms with Crippen LogP contribution in [0.3, 0.4) is 0 Å². The molecule has 13 heavy (non-hydrogen) atoms. The Balaban J connectivity index is 0.00000144. The highest BCUT2D eigenvalue weighted by atomic mass is 14.6. The summed E-state index contributed by atoms with van der Waals surface area (Å²) < 4.78 is 0. The van der Waals surface area contributed by atoms with Gasteiger partial charge < -0.3 is 17.6 Å². The predicted molar refractivity (Wildman–Crippen MR) is 56.2 cm³/mol. The molecule has 72 valence electrons. The molecule has 1 aromatic carbocycles. The molecule has 0 unspecified atom stereocenters. The van der Waals surface area contributed by atoms with E-state index < -0.39 is 0 Å². The van der Waals surface area contributed by atoms with Crippen molar-refractivity contribution in [1.29, 1.82) is 0 Å². The van der Waals surface area contributed by atoms with Crippen molar-refractivity contribution < 1.29 is 0 Å². The summed E-state index contributed by atoms with van der Waals surface area (Å²) in [6, 6.07) is 10.2. The average Bonchev–Trinajstić information content (AvgIpc) is 2.16. The Bertz CT molecular complexity index is 254. The van der Waals surface area contributed by atoms with Crippen molar-refractivity contribution >= 4 is 0 Å². The van der Waals surface area contributed by atoms with Crippen LogP contribution in [0.5, 0.6) is 0 Å². The highest BCUT2D eigenvalue weighted by Crippen LogP contribution is 2.04. The van der Waals surface area contributed by atoms with Crippen LogP contribution in [-0.4, -0.2) is 0 Å². The maximum Gasteiger partial charge on any atom is 0.0241 e. The fourth-order valence-corrected chi connectivity index (χ4v) is 1.02. The molecule has 3 nitrogen and oxygen atoms in total. The van der Waals surface area contributed by atoms with Gasteiger partial charge in [-0.15, -0.1) is 0 Å². The van der Waals surface area contributed by atoms with E-state index in [4.69, 9.17) is 11.5 Å². The van der Waals surface area contributed by atoms with Gasteiger partial charge in [0.1, 0.15) is 0 Å². The second kappa shape index (κ2) is 6.08. The van der Waals surface area contributed by atoms with Crippen molar-refractivity contribution in [2.75, 3.05) is 0 Å². The molecule has 0 bridgehead atoms. The van der Waals surface area contributed by atoms with Gasteiger partial charge in [-0.25, -0.2) is 0 Å². The number of allylic oxidation sites excluding steroid dienone is 1. The fraction of sp³-hybridized carbons (Fsp3) is 0.200. The van der Waals surface area contributed by atoms with Gasteiger partial charge in [-0.1, -0.05) is 30.3 Å². The molecule has 0 aliphatic carbocycles. The van der Waals surface area contributed by atoms with Crippen LogP contribution in [0, 0.1) is 0 Å². The Morgan fingerprint density at radius 1 is 1.23 bits per heavy atom. The van der Waals surface area contributed by atoms with E-state index in [9.17, 15) is 0 Å². The van der Waals surface area contributed by atoms with E-state index in [1.54, 1.807) is 0 Å². The minimum atomic E-state index is 0. The normalized spacial score (nSPS) is 10.6. The number of benzene rings is 1. The molecule has 0 aromatic heterocycles. The number of hydrogen-bond acceptors (Lipinski definition) is 3. The van der Waals surface area contributed by atoms with Crippen LogP contribution in [0.2, 0.25) is 0 Å². The first kappa shape index (κ1) is 11.5. The summed E-state index contributed by atoms with van der Waals surface area (Å²) >= 11 is 0. The molecule has 3 heteroatoms. The van der Waals surface area contributed by atoms with Crippen molar-refractivity contribution in [3.05, 3.63) is 47.8 Å². The van der Waals surface area contributed by atoms with Crippen LogP contribution < -0.4 is 17.6 Å². The molecule has 0 radical (unpaired) electrons. The van der Waals surface area contributed by atoms with Crippen LogP contribution in [0.1, 0.15) is 12.0 Å². The second-order valence-corrected chi connectivity index (χ2v) is 2.73. The fourth-order valence-electron chi connectivity index (χ4n) is 1.02. The summed E-state index contributed by atoms with van der Waals surface area (Å²) in [6.07, 6.45) is 3.25. The van der Waals surface area contributed by atoms with Crippen LogP contribution in [0.4, 0.5) is 0 Å². The molecule has 0 saturated carbocycles.